The number of rotatable bonds is 4. The number of amides is 1. The number of nitrogens with one attached hydrogen (secondary N) is 1. The van der Waals surface area contributed by atoms with Crippen LogP contribution in [-0.4, -0.2) is 52.3 Å². The minimum Gasteiger partial charge on any atom is -0.444 e. The van der Waals surface area contributed by atoms with E-state index in [0.717, 1.165) is 6.29 Å². The van der Waals surface area contributed by atoms with Gasteiger partial charge in [0.05, 0.1) is 11.2 Å². The van der Waals surface area contributed by atoms with Crippen LogP contribution >= 0.6 is 11.6 Å². The predicted octanol–water partition coefficient (Wildman–Crippen LogP) is 2.93. The van der Waals surface area contributed by atoms with Crippen LogP contribution in [0.5, 0.6) is 0 Å². The highest BCUT2D eigenvalue weighted by Crippen LogP contribution is 2.34. The molecule has 1 aliphatic rings. The molecule has 27 heavy (non-hydrogen) atoms. The molecule has 1 N–H and O–H groups in total. The van der Waals surface area contributed by atoms with Gasteiger partial charge >= 0.3 is 6.09 Å². The van der Waals surface area contributed by atoms with E-state index < -0.39 is 17.2 Å². The summed E-state index contributed by atoms with van der Waals surface area (Å²) in [5, 5.41) is 3.65. The number of hydrogen-bond acceptors (Lipinski definition) is 6. The van der Waals surface area contributed by atoms with Gasteiger partial charge in [-0.05, 0) is 51.3 Å². The standard InChI is InChI=1S/C18H23ClN4O4/c1-17(2,3)27-16(25)21-11-18(4-6-26-7-5-18)23-13(10-24)8-12-9-20-15(19)22-14(12)23/h8-10H,4-7,11H2,1-3H3,(H,21,25). The molecule has 0 spiro atoms. The number of fused-ring (bicyclic) bond motifs is 1. The molecule has 1 saturated heterocycles. The maximum absolute atomic E-state index is 12.2. The molecule has 9 heteroatoms. The second kappa shape index (κ2) is 7.44. The summed E-state index contributed by atoms with van der Waals surface area (Å²) in [4.78, 5) is 32.3. The third-order valence-corrected chi connectivity index (χ3v) is 4.70. The van der Waals surface area contributed by atoms with Gasteiger partial charge in [-0.25, -0.2) is 9.78 Å². The Morgan fingerprint density at radius 2 is 2.15 bits per heavy atom. The third kappa shape index (κ3) is 4.22. The quantitative estimate of drug-likeness (QED) is 0.632. The minimum atomic E-state index is -0.595. The van der Waals surface area contributed by atoms with E-state index in [1.165, 1.54) is 0 Å². The number of nitrogens with zero attached hydrogens (tertiary/aromatic N) is 3. The molecule has 0 aliphatic carbocycles. The van der Waals surface area contributed by atoms with Gasteiger partial charge in [0, 0.05) is 31.3 Å². The molecule has 0 unspecified atom stereocenters. The fraction of sp³-hybridized carbons (Fsp3) is 0.556. The summed E-state index contributed by atoms with van der Waals surface area (Å²) in [5.41, 5.74) is -0.161. The summed E-state index contributed by atoms with van der Waals surface area (Å²) < 4.78 is 12.7. The van der Waals surface area contributed by atoms with E-state index in [4.69, 9.17) is 21.1 Å². The van der Waals surface area contributed by atoms with Gasteiger partial charge in [0.1, 0.15) is 11.2 Å². The molecule has 1 aliphatic heterocycles. The molecular formula is C18H23ClN4O4. The van der Waals surface area contributed by atoms with Gasteiger partial charge in [0.2, 0.25) is 5.28 Å². The minimum absolute atomic E-state index is 0.0987. The number of carbonyl (C=O) groups excluding carboxylic acids is 2. The van der Waals surface area contributed by atoms with E-state index >= 15 is 0 Å². The van der Waals surface area contributed by atoms with Crippen LogP contribution in [0, 0.1) is 0 Å². The number of hydrogen-bond donors (Lipinski definition) is 1. The van der Waals surface area contributed by atoms with Gasteiger partial charge in [-0.3, -0.25) is 4.79 Å². The van der Waals surface area contributed by atoms with Crippen molar-refractivity contribution in [2.75, 3.05) is 19.8 Å². The third-order valence-electron chi connectivity index (χ3n) is 4.52. The van der Waals surface area contributed by atoms with Gasteiger partial charge in [0.25, 0.3) is 0 Å². The molecule has 0 radical (unpaired) electrons. The smallest absolute Gasteiger partial charge is 0.407 e. The molecule has 0 aromatic carbocycles. The zero-order valence-electron chi connectivity index (χ0n) is 15.6. The number of aldehydes is 1. The van der Waals surface area contributed by atoms with Crippen molar-refractivity contribution in [3.8, 4) is 0 Å². The Morgan fingerprint density at radius 1 is 1.44 bits per heavy atom. The average molecular weight is 395 g/mol. The largest absolute Gasteiger partial charge is 0.444 e. The van der Waals surface area contributed by atoms with Crippen LogP contribution in [0.15, 0.2) is 12.3 Å². The molecule has 1 fully saturated rings. The van der Waals surface area contributed by atoms with Crippen molar-refractivity contribution in [3.63, 3.8) is 0 Å². The Labute approximate surface area is 162 Å². The summed E-state index contributed by atoms with van der Waals surface area (Å²) in [6.07, 6.45) is 3.07. The molecule has 1 amide bonds. The van der Waals surface area contributed by atoms with E-state index in [0.29, 0.717) is 42.8 Å². The summed E-state index contributed by atoms with van der Waals surface area (Å²) >= 11 is 5.99. The zero-order valence-corrected chi connectivity index (χ0v) is 16.4. The first-order chi connectivity index (χ1) is 12.7. The van der Waals surface area contributed by atoms with Crippen LogP contribution in [0.2, 0.25) is 5.28 Å². The number of halogens is 1. The average Bonchev–Trinajstić information content (AvgIpc) is 2.97. The van der Waals surface area contributed by atoms with Crippen molar-refractivity contribution < 1.29 is 19.1 Å². The molecule has 3 rings (SSSR count). The van der Waals surface area contributed by atoms with Crippen molar-refractivity contribution in [1.82, 2.24) is 19.9 Å². The van der Waals surface area contributed by atoms with Crippen molar-refractivity contribution in [2.24, 2.45) is 0 Å². The van der Waals surface area contributed by atoms with Crippen LogP contribution < -0.4 is 5.32 Å². The first-order valence-electron chi connectivity index (χ1n) is 8.78. The van der Waals surface area contributed by atoms with Crippen molar-refractivity contribution in [2.45, 2.75) is 44.8 Å². The van der Waals surface area contributed by atoms with E-state index in [2.05, 4.69) is 15.3 Å². The monoisotopic (exact) mass is 394 g/mol. The highest BCUT2D eigenvalue weighted by molar-refractivity contribution is 6.28. The van der Waals surface area contributed by atoms with E-state index in [9.17, 15) is 9.59 Å². The second-order valence-electron chi connectivity index (χ2n) is 7.63. The van der Waals surface area contributed by atoms with Crippen LogP contribution in [0.4, 0.5) is 4.79 Å². The SMILES string of the molecule is CC(C)(C)OC(=O)NCC1(n2c(C=O)cc3cnc(Cl)nc32)CCOCC1. The van der Waals surface area contributed by atoms with Gasteiger partial charge in [0.15, 0.2) is 6.29 Å². The van der Waals surface area contributed by atoms with E-state index in [1.54, 1.807) is 33.0 Å². The Hall–Kier alpha value is -2.19. The normalized spacial score (nSPS) is 16.9. The lowest BCUT2D eigenvalue weighted by Crippen LogP contribution is -2.50. The van der Waals surface area contributed by atoms with Gasteiger partial charge in [-0.15, -0.1) is 0 Å². The lowest BCUT2D eigenvalue weighted by Gasteiger charge is -2.40. The number of carbonyl (C=O) groups is 2. The van der Waals surface area contributed by atoms with Gasteiger partial charge < -0.3 is 19.4 Å². The molecule has 146 valence electrons. The summed E-state index contributed by atoms with van der Waals surface area (Å²) in [5.74, 6) is 0. The molecule has 0 bridgehead atoms. The van der Waals surface area contributed by atoms with Crippen molar-refractivity contribution in [3.05, 3.63) is 23.2 Å². The first-order valence-corrected chi connectivity index (χ1v) is 9.16. The fourth-order valence-electron chi connectivity index (χ4n) is 3.36. The Bertz CT molecular complexity index is 853. The van der Waals surface area contributed by atoms with Gasteiger partial charge in [-0.1, -0.05) is 0 Å². The molecule has 2 aromatic rings. The molecule has 3 heterocycles. The maximum atomic E-state index is 12.2. The fourth-order valence-corrected chi connectivity index (χ4v) is 3.48. The van der Waals surface area contributed by atoms with E-state index in [1.807, 2.05) is 4.57 Å². The summed E-state index contributed by atoms with van der Waals surface area (Å²) in [6.45, 7) is 6.70. The van der Waals surface area contributed by atoms with Gasteiger partial charge in [-0.2, -0.15) is 4.98 Å². The first kappa shape index (κ1) is 19.6. The summed E-state index contributed by atoms with van der Waals surface area (Å²) in [6, 6.07) is 1.73. The second-order valence-corrected chi connectivity index (χ2v) is 7.97. The molecule has 0 atom stereocenters. The number of alkyl carbamates (subject to hydrolysis) is 1. The lowest BCUT2D eigenvalue weighted by atomic mass is 9.89. The van der Waals surface area contributed by atoms with Crippen molar-refractivity contribution in [1.29, 1.82) is 0 Å². The lowest BCUT2D eigenvalue weighted by molar-refractivity contribution is 0.0162. The van der Waals surface area contributed by atoms with E-state index in [-0.39, 0.29) is 11.8 Å². The Kier molecular flexibility index (Phi) is 5.39. The Balaban J connectivity index is 2.00. The van der Waals surface area contributed by atoms with Crippen LogP contribution in [0.25, 0.3) is 11.0 Å². The molecular weight excluding hydrogens is 372 g/mol. The summed E-state index contributed by atoms with van der Waals surface area (Å²) in [7, 11) is 0. The number of ether oxygens (including phenoxy) is 2. The highest BCUT2D eigenvalue weighted by Gasteiger charge is 2.38. The van der Waals surface area contributed by atoms with Crippen LogP contribution in [0.1, 0.15) is 44.1 Å². The van der Waals surface area contributed by atoms with Crippen LogP contribution in [-0.2, 0) is 15.0 Å². The van der Waals surface area contributed by atoms with Crippen LogP contribution in [0.3, 0.4) is 0 Å². The predicted molar refractivity (Wildman–Crippen MR) is 100 cm³/mol. The topological polar surface area (TPSA) is 95.3 Å². The van der Waals surface area contributed by atoms with Crippen molar-refractivity contribution >= 4 is 35.0 Å². The molecule has 2 aromatic heterocycles. The number of aromatic nitrogens is 3. The highest BCUT2D eigenvalue weighted by atomic mass is 35.5. The Morgan fingerprint density at radius 3 is 2.78 bits per heavy atom. The maximum Gasteiger partial charge on any atom is 0.407 e. The zero-order chi connectivity index (χ0) is 19.7. The molecule has 0 saturated carbocycles. The molecule has 8 nitrogen and oxygen atoms in total.